The summed E-state index contributed by atoms with van der Waals surface area (Å²) < 4.78 is 7.02. The van der Waals surface area contributed by atoms with Gasteiger partial charge < -0.3 is 9.64 Å². The molecule has 0 aliphatic carbocycles. The van der Waals surface area contributed by atoms with Crippen LogP contribution in [0.5, 0.6) is 5.75 Å². The van der Waals surface area contributed by atoms with Crippen LogP contribution in [0.3, 0.4) is 0 Å². The second kappa shape index (κ2) is 8.69. The Morgan fingerprint density at radius 2 is 1.79 bits per heavy atom. The van der Waals surface area contributed by atoms with E-state index in [9.17, 15) is 4.79 Å². The number of ether oxygens (including phenoxy) is 1. The Hall–Kier alpha value is -3.15. The van der Waals surface area contributed by atoms with Gasteiger partial charge in [0.25, 0.3) is 5.91 Å². The summed E-state index contributed by atoms with van der Waals surface area (Å²) in [5, 5.41) is 8.33. The first-order chi connectivity index (χ1) is 13.5. The van der Waals surface area contributed by atoms with Gasteiger partial charge in [0.15, 0.2) is 5.69 Å². The van der Waals surface area contributed by atoms with Gasteiger partial charge in [-0.05, 0) is 57.0 Å². The predicted molar refractivity (Wildman–Crippen MR) is 110 cm³/mol. The molecule has 0 bridgehead atoms. The number of hydrogen-bond donors (Lipinski definition) is 0. The number of carbonyl (C=O) groups excluding carboxylic acids is 1. The Morgan fingerprint density at radius 1 is 1.11 bits per heavy atom. The molecule has 146 valence electrons. The molecule has 0 atom stereocenters. The molecular formula is C22H26N4O2. The molecule has 0 fully saturated rings. The van der Waals surface area contributed by atoms with Gasteiger partial charge in [-0.25, -0.2) is 4.68 Å². The molecule has 0 unspecified atom stereocenters. The number of benzene rings is 2. The van der Waals surface area contributed by atoms with E-state index in [0.29, 0.717) is 12.2 Å². The molecule has 1 aromatic heterocycles. The normalized spacial score (nSPS) is 10.9. The molecule has 28 heavy (non-hydrogen) atoms. The Labute approximate surface area is 165 Å². The molecule has 6 heteroatoms. The van der Waals surface area contributed by atoms with E-state index >= 15 is 0 Å². The minimum Gasteiger partial charge on any atom is -0.497 e. The van der Waals surface area contributed by atoms with Gasteiger partial charge in [0, 0.05) is 18.3 Å². The largest absolute Gasteiger partial charge is 0.497 e. The van der Waals surface area contributed by atoms with Crippen molar-refractivity contribution in [3.8, 4) is 5.75 Å². The van der Waals surface area contributed by atoms with Crippen molar-refractivity contribution in [3.05, 3.63) is 71.5 Å². The summed E-state index contributed by atoms with van der Waals surface area (Å²) >= 11 is 0. The average molecular weight is 378 g/mol. The highest BCUT2D eigenvalue weighted by molar-refractivity contribution is 6.05. The lowest BCUT2D eigenvalue weighted by Crippen LogP contribution is -2.33. The van der Waals surface area contributed by atoms with Crippen LogP contribution in [0.1, 0.15) is 41.6 Å². The van der Waals surface area contributed by atoms with E-state index < -0.39 is 0 Å². The van der Waals surface area contributed by atoms with Crippen LogP contribution in [0.4, 0.5) is 5.69 Å². The van der Waals surface area contributed by atoms with E-state index in [0.717, 1.165) is 23.6 Å². The molecule has 3 aromatic rings. The highest BCUT2D eigenvalue weighted by Gasteiger charge is 2.24. The minimum atomic E-state index is -0.148. The molecule has 0 saturated carbocycles. The third kappa shape index (κ3) is 4.22. The van der Waals surface area contributed by atoms with Crippen LogP contribution >= 0.6 is 0 Å². The smallest absolute Gasteiger partial charge is 0.280 e. The lowest BCUT2D eigenvalue weighted by Gasteiger charge is -2.22. The summed E-state index contributed by atoms with van der Waals surface area (Å²) in [4.78, 5) is 15.1. The fourth-order valence-corrected chi connectivity index (χ4v) is 3.15. The molecule has 0 aliphatic heterocycles. The van der Waals surface area contributed by atoms with E-state index in [1.54, 1.807) is 16.7 Å². The molecule has 0 N–H and O–H groups in total. The molecule has 0 spiro atoms. The van der Waals surface area contributed by atoms with Crippen LogP contribution in [0.25, 0.3) is 0 Å². The molecule has 1 heterocycles. The lowest BCUT2D eigenvalue weighted by atomic mass is 10.1. The van der Waals surface area contributed by atoms with Crippen molar-refractivity contribution in [2.45, 2.75) is 33.2 Å². The highest BCUT2D eigenvalue weighted by Crippen LogP contribution is 2.22. The molecule has 3 rings (SSSR count). The number of carbonyl (C=O) groups is 1. The number of amides is 1. The van der Waals surface area contributed by atoms with E-state index in [2.05, 4.69) is 22.4 Å². The Morgan fingerprint density at radius 3 is 2.36 bits per heavy atom. The van der Waals surface area contributed by atoms with E-state index in [1.807, 2.05) is 63.2 Å². The summed E-state index contributed by atoms with van der Waals surface area (Å²) in [7, 11) is 1.63. The van der Waals surface area contributed by atoms with E-state index in [1.165, 1.54) is 5.56 Å². The third-order valence-electron chi connectivity index (χ3n) is 4.72. The van der Waals surface area contributed by atoms with Crippen LogP contribution in [-0.4, -0.2) is 34.6 Å². The van der Waals surface area contributed by atoms with Crippen molar-refractivity contribution in [2.24, 2.45) is 0 Å². The van der Waals surface area contributed by atoms with Crippen LogP contribution in [0.2, 0.25) is 0 Å². The zero-order valence-electron chi connectivity index (χ0n) is 16.8. The van der Waals surface area contributed by atoms with Gasteiger partial charge in [0.2, 0.25) is 0 Å². The Kier molecular flexibility index (Phi) is 6.09. The summed E-state index contributed by atoms with van der Waals surface area (Å²) in [5.74, 6) is 0.603. The second-order valence-electron chi connectivity index (χ2n) is 6.95. The first-order valence-electron chi connectivity index (χ1n) is 9.43. The van der Waals surface area contributed by atoms with Crippen molar-refractivity contribution in [3.63, 3.8) is 0 Å². The second-order valence-corrected chi connectivity index (χ2v) is 6.95. The fraction of sp³-hybridized carbons (Fsp3) is 0.318. The molecule has 0 saturated heterocycles. The van der Waals surface area contributed by atoms with Gasteiger partial charge in [-0.1, -0.05) is 35.5 Å². The minimum absolute atomic E-state index is 0.146. The Balaban J connectivity index is 1.91. The fourth-order valence-electron chi connectivity index (χ4n) is 3.15. The number of anilines is 1. The monoisotopic (exact) mass is 378 g/mol. The van der Waals surface area contributed by atoms with Crippen molar-refractivity contribution in [1.29, 1.82) is 0 Å². The van der Waals surface area contributed by atoms with Gasteiger partial charge in [0.05, 0.1) is 12.8 Å². The quantitative estimate of drug-likeness (QED) is 0.622. The van der Waals surface area contributed by atoms with Crippen molar-refractivity contribution in [2.75, 3.05) is 18.6 Å². The predicted octanol–water partition coefficient (Wildman–Crippen LogP) is 4.07. The van der Waals surface area contributed by atoms with Gasteiger partial charge in [-0.3, -0.25) is 4.79 Å². The third-order valence-corrected chi connectivity index (χ3v) is 4.72. The zero-order chi connectivity index (χ0) is 20.1. The molecule has 0 aliphatic rings. The van der Waals surface area contributed by atoms with Gasteiger partial charge in [0.1, 0.15) is 5.75 Å². The first-order valence-corrected chi connectivity index (χ1v) is 9.43. The number of nitrogens with zero attached hydrogens (tertiary/aromatic N) is 4. The van der Waals surface area contributed by atoms with E-state index in [-0.39, 0.29) is 11.9 Å². The molecule has 0 radical (unpaired) electrons. The number of methoxy groups -OCH3 is 1. The van der Waals surface area contributed by atoms with Gasteiger partial charge in [-0.15, -0.1) is 5.10 Å². The van der Waals surface area contributed by atoms with Crippen LogP contribution in [0.15, 0.2) is 54.6 Å². The number of hydrogen-bond acceptors (Lipinski definition) is 4. The van der Waals surface area contributed by atoms with Crippen LogP contribution in [-0.2, 0) is 6.42 Å². The topological polar surface area (TPSA) is 60.2 Å². The van der Waals surface area contributed by atoms with Crippen LogP contribution in [0, 0.1) is 6.92 Å². The maximum atomic E-state index is 13.4. The van der Waals surface area contributed by atoms with Crippen molar-refractivity contribution in [1.82, 2.24) is 15.0 Å². The average Bonchev–Trinajstić information content (AvgIpc) is 3.11. The summed E-state index contributed by atoms with van der Waals surface area (Å²) in [5.41, 5.74) is 3.15. The van der Waals surface area contributed by atoms with Crippen molar-refractivity contribution < 1.29 is 9.53 Å². The maximum absolute atomic E-state index is 13.4. The first kappa shape index (κ1) is 19.6. The standard InChI is InChI=1S/C22H26N4O2/c1-16(2)26-17(3)21(23-24-26)22(27)25(15-14-18-8-6-5-7-9-18)19-10-12-20(28-4)13-11-19/h5-13,16H,14-15H2,1-4H3. The Bertz CT molecular complexity index is 917. The zero-order valence-corrected chi connectivity index (χ0v) is 16.8. The summed E-state index contributed by atoms with van der Waals surface area (Å²) in [6.07, 6.45) is 0.746. The van der Waals surface area contributed by atoms with Crippen LogP contribution < -0.4 is 9.64 Å². The SMILES string of the molecule is COc1ccc(N(CCc2ccccc2)C(=O)c2nnn(C(C)C)c2C)cc1. The van der Waals surface area contributed by atoms with Gasteiger partial charge >= 0.3 is 0 Å². The highest BCUT2D eigenvalue weighted by atomic mass is 16.5. The molecule has 6 nitrogen and oxygen atoms in total. The number of aromatic nitrogens is 3. The van der Waals surface area contributed by atoms with E-state index in [4.69, 9.17) is 4.74 Å². The molecule has 1 amide bonds. The molecule has 2 aromatic carbocycles. The van der Waals surface area contributed by atoms with Crippen molar-refractivity contribution >= 4 is 11.6 Å². The summed E-state index contributed by atoms with van der Waals surface area (Å²) in [6, 6.07) is 17.8. The lowest BCUT2D eigenvalue weighted by molar-refractivity contribution is 0.0981. The maximum Gasteiger partial charge on any atom is 0.280 e. The molecular weight excluding hydrogens is 352 g/mol. The number of rotatable bonds is 7. The summed E-state index contributed by atoms with van der Waals surface area (Å²) in [6.45, 7) is 6.47. The van der Waals surface area contributed by atoms with Gasteiger partial charge in [-0.2, -0.15) is 0 Å².